The lowest BCUT2D eigenvalue weighted by Gasteiger charge is -2.08. The van der Waals surface area contributed by atoms with Gasteiger partial charge in [-0.25, -0.2) is 4.68 Å². The molecular formula is C13H18N4O. The third kappa shape index (κ3) is 2.36. The molecule has 0 aliphatic rings. The fourth-order valence-corrected chi connectivity index (χ4v) is 1.94. The van der Waals surface area contributed by atoms with Crippen molar-refractivity contribution in [2.75, 3.05) is 7.11 Å². The molecule has 0 aliphatic carbocycles. The van der Waals surface area contributed by atoms with Gasteiger partial charge in [-0.3, -0.25) is 0 Å². The molecule has 0 fully saturated rings. The highest BCUT2D eigenvalue weighted by Gasteiger charge is 2.13. The van der Waals surface area contributed by atoms with Gasteiger partial charge < -0.3 is 10.5 Å². The molecule has 18 heavy (non-hydrogen) atoms. The molecule has 5 nitrogen and oxygen atoms in total. The summed E-state index contributed by atoms with van der Waals surface area (Å²) < 4.78 is 7.14. The molecule has 0 saturated carbocycles. The van der Waals surface area contributed by atoms with Crippen molar-refractivity contribution < 1.29 is 4.74 Å². The molecule has 0 amide bonds. The summed E-state index contributed by atoms with van der Waals surface area (Å²) in [5.74, 6) is 0.819. The maximum Gasteiger partial charge on any atom is 0.119 e. The molecule has 0 aliphatic heterocycles. The Labute approximate surface area is 107 Å². The van der Waals surface area contributed by atoms with Crippen molar-refractivity contribution in [3.05, 3.63) is 30.0 Å². The van der Waals surface area contributed by atoms with Gasteiger partial charge in [0.1, 0.15) is 11.4 Å². The number of nitrogens with zero attached hydrogens (tertiary/aromatic N) is 3. The molecule has 1 heterocycles. The third-order valence-electron chi connectivity index (χ3n) is 2.78. The number of methoxy groups -OCH3 is 1. The van der Waals surface area contributed by atoms with Crippen molar-refractivity contribution >= 4 is 0 Å². The second-order valence-electron chi connectivity index (χ2n) is 4.04. The molecule has 0 bridgehead atoms. The Bertz CT molecular complexity index is 521. The predicted molar refractivity (Wildman–Crippen MR) is 70.2 cm³/mol. The van der Waals surface area contributed by atoms with Gasteiger partial charge in [0, 0.05) is 18.7 Å². The van der Waals surface area contributed by atoms with Gasteiger partial charge in [0.25, 0.3) is 0 Å². The highest BCUT2D eigenvalue weighted by atomic mass is 16.5. The van der Waals surface area contributed by atoms with Gasteiger partial charge in [0.2, 0.25) is 0 Å². The normalized spacial score (nSPS) is 10.6. The highest BCUT2D eigenvalue weighted by molar-refractivity contribution is 5.63. The number of benzene rings is 1. The number of ether oxygens (including phenoxy) is 1. The van der Waals surface area contributed by atoms with Crippen LogP contribution >= 0.6 is 0 Å². The topological polar surface area (TPSA) is 66.0 Å². The van der Waals surface area contributed by atoms with E-state index in [4.69, 9.17) is 10.5 Å². The molecular weight excluding hydrogens is 228 g/mol. The number of hydrogen-bond donors (Lipinski definition) is 1. The van der Waals surface area contributed by atoms with Crippen LogP contribution in [0.1, 0.15) is 19.0 Å². The minimum absolute atomic E-state index is 0.385. The van der Waals surface area contributed by atoms with Crippen LogP contribution in [0.25, 0.3) is 11.3 Å². The minimum atomic E-state index is 0.385. The zero-order chi connectivity index (χ0) is 13.0. The van der Waals surface area contributed by atoms with Crippen molar-refractivity contribution in [1.29, 1.82) is 0 Å². The van der Waals surface area contributed by atoms with Crippen molar-refractivity contribution in [2.45, 2.75) is 26.4 Å². The highest BCUT2D eigenvalue weighted by Crippen LogP contribution is 2.25. The van der Waals surface area contributed by atoms with Crippen LogP contribution in [0.5, 0.6) is 5.75 Å². The van der Waals surface area contributed by atoms with Gasteiger partial charge in [-0.15, -0.1) is 5.10 Å². The van der Waals surface area contributed by atoms with Crippen LogP contribution in [0.3, 0.4) is 0 Å². The fourth-order valence-electron chi connectivity index (χ4n) is 1.94. The molecule has 96 valence electrons. The third-order valence-corrected chi connectivity index (χ3v) is 2.78. The lowest BCUT2D eigenvalue weighted by molar-refractivity contribution is 0.415. The van der Waals surface area contributed by atoms with E-state index in [1.54, 1.807) is 7.11 Å². The van der Waals surface area contributed by atoms with E-state index >= 15 is 0 Å². The average Bonchev–Trinajstić information content (AvgIpc) is 2.82. The summed E-state index contributed by atoms with van der Waals surface area (Å²) >= 11 is 0. The Morgan fingerprint density at radius 2 is 2.22 bits per heavy atom. The second-order valence-corrected chi connectivity index (χ2v) is 4.04. The standard InChI is InChI=1S/C13H18N4O/c1-3-7-17-13(12(9-14)15-16-17)10-5-4-6-11(8-10)18-2/h4-6,8H,3,7,9,14H2,1-2H3. The summed E-state index contributed by atoms with van der Waals surface area (Å²) in [6.45, 7) is 3.33. The maximum absolute atomic E-state index is 5.72. The summed E-state index contributed by atoms with van der Waals surface area (Å²) in [5, 5.41) is 8.29. The lowest BCUT2D eigenvalue weighted by atomic mass is 10.1. The first-order valence-corrected chi connectivity index (χ1v) is 6.07. The van der Waals surface area contributed by atoms with Crippen LogP contribution in [-0.2, 0) is 13.1 Å². The summed E-state index contributed by atoms with van der Waals surface area (Å²) in [7, 11) is 1.66. The Morgan fingerprint density at radius 3 is 2.89 bits per heavy atom. The molecule has 5 heteroatoms. The molecule has 2 N–H and O–H groups in total. The van der Waals surface area contributed by atoms with Gasteiger partial charge >= 0.3 is 0 Å². The number of nitrogens with two attached hydrogens (primary N) is 1. The second kappa shape index (κ2) is 5.64. The number of aryl methyl sites for hydroxylation is 1. The van der Waals surface area contributed by atoms with E-state index in [1.807, 2.05) is 28.9 Å². The van der Waals surface area contributed by atoms with Gasteiger partial charge in [-0.2, -0.15) is 0 Å². The summed E-state index contributed by atoms with van der Waals surface area (Å²) in [4.78, 5) is 0. The van der Waals surface area contributed by atoms with Crippen LogP contribution in [0.15, 0.2) is 24.3 Å². The molecule has 2 rings (SSSR count). The van der Waals surface area contributed by atoms with E-state index in [2.05, 4.69) is 17.2 Å². The average molecular weight is 246 g/mol. The number of hydrogen-bond acceptors (Lipinski definition) is 4. The molecule has 1 aromatic carbocycles. The van der Waals surface area contributed by atoms with E-state index in [0.29, 0.717) is 6.54 Å². The Kier molecular flexibility index (Phi) is 3.94. The molecule has 0 unspecified atom stereocenters. The van der Waals surface area contributed by atoms with Crippen molar-refractivity contribution in [3.63, 3.8) is 0 Å². The van der Waals surface area contributed by atoms with E-state index in [9.17, 15) is 0 Å². The summed E-state index contributed by atoms with van der Waals surface area (Å²) in [5.41, 5.74) is 8.56. The first-order valence-electron chi connectivity index (χ1n) is 6.07. The van der Waals surface area contributed by atoms with Crippen LogP contribution < -0.4 is 10.5 Å². The smallest absolute Gasteiger partial charge is 0.119 e. The SMILES string of the molecule is CCCn1nnc(CN)c1-c1cccc(OC)c1. The molecule has 0 radical (unpaired) electrons. The lowest BCUT2D eigenvalue weighted by Crippen LogP contribution is -2.04. The Morgan fingerprint density at radius 1 is 1.39 bits per heavy atom. The van der Waals surface area contributed by atoms with Crippen molar-refractivity contribution in [1.82, 2.24) is 15.0 Å². The van der Waals surface area contributed by atoms with Crippen molar-refractivity contribution in [3.8, 4) is 17.0 Å². The van der Waals surface area contributed by atoms with Gasteiger partial charge in [-0.05, 0) is 18.6 Å². The molecule has 2 aromatic rings. The molecule has 0 atom stereocenters. The Hall–Kier alpha value is -1.88. The van der Waals surface area contributed by atoms with Gasteiger partial charge in [0.05, 0.1) is 12.8 Å². The summed E-state index contributed by atoms with van der Waals surface area (Å²) in [6, 6.07) is 7.87. The van der Waals surface area contributed by atoms with E-state index in [-0.39, 0.29) is 0 Å². The van der Waals surface area contributed by atoms with Gasteiger partial charge in [0.15, 0.2) is 0 Å². The predicted octanol–water partition coefficient (Wildman–Crippen LogP) is 1.82. The van der Waals surface area contributed by atoms with Crippen molar-refractivity contribution in [2.24, 2.45) is 5.73 Å². The number of aromatic nitrogens is 3. The van der Waals surface area contributed by atoms with Gasteiger partial charge in [-0.1, -0.05) is 24.3 Å². The Balaban J connectivity index is 2.49. The zero-order valence-electron chi connectivity index (χ0n) is 10.8. The zero-order valence-corrected chi connectivity index (χ0v) is 10.8. The quantitative estimate of drug-likeness (QED) is 0.874. The largest absolute Gasteiger partial charge is 0.497 e. The number of rotatable bonds is 5. The van der Waals surface area contributed by atoms with Crippen LogP contribution in [0, 0.1) is 0 Å². The molecule has 0 spiro atoms. The van der Waals surface area contributed by atoms with Crippen LogP contribution in [0.2, 0.25) is 0 Å². The van der Waals surface area contributed by atoms with E-state index in [0.717, 1.165) is 35.7 Å². The maximum atomic E-state index is 5.72. The molecule has 0 saturated heterocycles. The first kappa shape index (κ1) is 12.6. The van der Waals surface area contributed by atoms with E-state index in [1.165, 1.54) is 0 Å². The van der Waals surface area contributed by atoms with Crippen LogP contribution in [-0.4, -0.2) is 22.1 Å². The fraction of sp³-hybridized carbons (Fsp3) is 0.385. The minimum Gasteiger partial charge on any atom is -0.497 e. The molecule has 1 aromatic heterocycles. The van der Waals surface area contributed by atoms with Crippen LogP contribution in [0.4, 0.5) is 0 Å². The summed E-state index contributed by atoms with van der Waals surface area (Å²) in [6.07, 6.45) is 1.00. The van der Waals surface area contributed by atoms with E-state index < -0.39 is 0 Å². The monoisotopic (exact) mass is 246 g/mol. The first-order chi connectivity index (χ1) is 8.80.